The summed E-state index contributed by atoms with van der Waals surface area (Å²) in [5.74, 6) is 0.836. The molecule has 6 heteroatoms. The molecule has 21 heavy (non-hydrogen) atoms. The number of hydrogen-bond donors (Lipinski definition) is 0. The average Bonchev–Trinajstić information content (AvgIpc) is 2.87. The van der Waals surface area contributed by atoms with Crippen LogP contribution in [-0.2, 0) is 11.8 Å². The summed E-state index contributed by atoms with van der Waals surface area (Å²) in [4.78, 5) is 8.86. The second-order valence-corrected chi connectivity index (χ2v) is 5.90. The molecule has 0 aliphatic rings. The molecule has 0 bridgehead atoms. The second kappa shape index (κ2) is 5.95. The fourth-order valence-corrected chi connectivity index (χ4v) is 3.44. The molecule has 1 aromatic carbocycles. The van der Waals surface area contributed by atoms with Gasteiger partial charge in [0.05, 0.1) is 5.69 Å². The number of alkyl halides is 1. The van der Waals surface area contributed by atoms with Gasteiger partial charge in [-0.2, -0.15) is 0 Å². The van der Waals surface area contributed by atoms with Gasteiger partial charge in [-0.3, -0.25) is 4.40 Å². The van der Waals surface area contributed by atoms with E-state index >= 15 is 0 Å². The summed E-state index contributed by atoms with van der Waals surface area (Å²) in [5, 5.41) is 1.82. The van der Waals surface area contributed by atoms with Crippen LogP contribution in [0.2, 0.25) is 10.2 Å². The van der Waals surface area contributed by atoms with Crippen molar-refractivity contribution in [1.82, 2.24) is 14.4 Å². The highest BCUT2D eigenvalue weighted by atomic mass is 79.9. The van der Waals surface area contributed by atoms with E-state index in [0.29, 0.717) is 10.5 Å². The van der Waals surface area contributed by atoms with Gasteiger partial charge in [-0.15, -0.1) is 0 Å². The molecular formula is C15H12BrCl2N3. The Morgan fingerprint density at radius 2 is 2.10 bits per heavy atom. The van der Waals surface area contributed by atoms with Gasteiger partial charge in [0.25, 0.3) is 0 Å². The molecule has 0 saturated heterocycles. The normalized spacial score (nSPS) is 11.2. The third kappa shape index (κ3) is 2.45. The van der Waals surface area contributed by atoms with E-state index in [1.807, 2.05) is 28.8 Å². The molecule has 0 radical (unpaired) electrons. The van der Waals surface area contributed by atoms with E-state index in [1.54, 1.807) is 6.20 Å². The first-order valence-electron chi connectivity index (χ1n) is 6.52. The Hall–Kier alpha value is -1.10. The van der Waals surface area contributed by atoms with Gasteiger partial charge in [0, 0.05) is 28.3 Å². The van der Waals surface area contributed by atoms with Crippen LogP contribution in [0.4, 0.5) is 0 Å². The van der Waals surface area contributed by atoms with E-state index in [9.17, 15) is 0 Å². The fraction of sp³-hybridized carbons (Fsp3) is 0.200. The molecule has 0 unspecified atom stereocenters. The molecule has 0 N–H and O–H groups in total. The van der Waals surface area contributed by atoms with Gasteiger partial charge in [0.2, 0.25) is 0 Å². The Balaban J connectivity index is 2.37. The van der Waals surface area contributed by atoms with Crippen molar-refractivity contribution in [3.05, 3.63) is 52.0 Å². The van der Waals surface area contributed by atoms with Crippen molar-refractivity contribution in [1.29, 1.82) is 0 Å². The average molecular weight is 385 g/mol. The number of rotatable bonds is 3. The Kier molecular flexibility index (Phi) is 4.20. The number of benzene rings is 1. The summed E-state index contributed by atoms with van der Waals surface area (Å²) < 4.78 is 1.97. The maximum Gasteiger partial charge on any atom is 0.154 e. The van der Waals surface area contributed by atoms with Crippen LogP contribution >= 0.6 is 39.1 Å². The molecule has 2 heterocycles. The first-order chi connectivity index (χ1) is 10.2. The number of nitrogens with zero attached hydrogens (tertiary/aromatic N) is 3. The Morgan fingerprint density at radius 3 is 2.81 bits per heavy atom. The first kappa shape index (κ1) is 14.8. The predicted octanol–water partition coefficient (Wildman–Crippen LogP) is 5.16. The molecular weight excluding hydrogens is 373 g/mol. The monoisotopic (exact) mass is 383 g/mol. The second-order valence-electron chi connectivity index (χ2n) is 4.57. The van der Waals surface area contributed by atoms with Gasteiger partial charge in [0.15, 0.2) is 5.15 Å². The number of imidazole rings is 1. The molecule has 108 valence electrons. The quantitative estimate of drug-likeness (QED) is 0.583. The predicted molar refractivity (Wildman–Crippen MR) is 90.5 cm³/mol. The van der Waals surface area contributed by atoms with E-state index in [0.717, 1.165) is 39.6 Å². The smallest absolute Gasteiger partial charge is 0.154 e. The van der Waals surface area contributed by atoms with Crippen LogP contribution in [0.5, 0.6) is 0 Å². The van der Waals surface area contributed by atoms with E-state index in [-0.39, 0.29) is 0 Å². The lowest BCUT2D eigenvalue weighted by molar-refractivity contribution is 1.09. The third-order valence-corrected chi connectivity index (χ3v) is 4.58. The number of hydrogen-bond acceptors (Lipinski definition) is 2. The van der Waals surface area contributed by atoms with Crippen molar-refractivity contribution in [2.24, 2.45) is 0 Å². The SMILES string of the molecule is CCc1c(Cl)cccc1-c1nc(CBr)c2c(Cl)nccn12. The Bertz CT molecular complexity index is 814. The van der Waals surface area contributed by atoms with Crippen molar-refractivity contribution in [2.75, 3.05) is 0 Å². The van der Waals surface area contributed by atoms with Crippen molar-refractivity contribution >= 4 is 44.6 Å². The van der Waals surface area contributed by atoms with Crippen molar-refractivity contribution in [2.45, 2.75) is 18.7 Å². The highest BCUT2D eigenvalue weighted by molar-refractivity contribution is 9.08. The van der Waals surface area contributed by atoms with Crippen LogP contribution in [0.25, 0.3) is 16.9 Å². The van der Waals surface area contributed by atoms with Crippen molar-refractivity contribution in [3.8, 4) is 11.4 Å². The largest absolute Gasteiger partial charge is 0.295 e. The van der Waals surface area contributed by atoms with Crippen molar-refractivity contribution < 1.29 is 0 Å². The van der Waals surface area contributed by atoms with Crippen LogP contribution < -0.4 is 0 Å². The zero-order valence-corrected chi connectivity index (χ0v) is 14.4. The molecule has 0 aliphatic carbocycles. The molecule has 3 aromatic rings. The van der Waals surface area contributed by atoms with Crippen LogP contribution in [0, 0.1) is 0 Å². The van der Waals surface area contributed by atoms with Crippen molar-refractivity contribution in [3.63, 3.8) is 0 Å². The van der Waals surface area contributed by atoms with E-state index in [2.05, 4.69) is 27.8 Å². The summed E-state index contributed by atoms with van der Waals surface area (Å²) in [6.45, 7) is 2.08. The molecule has 0 spiro atoms. The summed E-state index contributed by atoms with van der Waals surface area (Å²) in [7, 11) is 0. The van der Waals surface area contributed by atoms with E-state index in [1.165, 1.54) is 0 Å². The van der Waals surface area contributed by atoms with Gasteiger partial charge in [0.1, 0.15) is 11.3 Å². The molecule has 0 aliphatic heterocycles. The van der Waals surface area contributed by atoms with Crippen LogP contribution in [0.3, 0.4) is 0 Å². The molecule has 0 amide bonds. The number of halogens is 3. The standard InChI is InChI=1S/C15H12BrCl2N3/c1-2-9-10(4-3-5-11(9)17)15-20-12(8-16)13-14(18)19-6-7-21(13)15/h3-7H,2,8H2,1H3. The Morgan fingerprint density at radius 1 is 1.29 bits per heavy atom. The maximum absolute atomic E-state index is 6.32. The molecule has 3 nitrogen and oxygen atoms in total. The lowest BCUT2D eigenvalue weighted by Gasteiger charge is -2.09. The molecule has 0 saturated carbocycles. The summed E-state index contributed by atoms with van der Waals surface area (Å²) in [5.41, 5.74) is 3.80. The lowest BCUT2D eigenvalue weighted by atomic mass is 10.0. The van der Waals surface area contributed by atoms with Gasteiger partial charge in [-0.25, -0.2) is 9.97 Å². The van der Waals surface area contributed by atoms with Gasteiger partial charge in [-0.05, 0) is 18.1 Å². The summed E-state index contributed by atoms with van der Waals surface area (Å²) in [6, 6.07) is 5.87. The van der Waals surface area contributed by atoms with Crippen LogP contribution in [0.15, 0.2) is 30.6 Å². The van der Waals surface area contributed by atoms with Crippen LogP contribution in [0.1, 0.15) is 18.2 Å². The first-order valence-corrected chi connectivity index (χ1v) is 8.40. The summed E-state index contributed by atoms with van der Waals surface area (Å²) >= 11 is 16.0. The number of fused-ring (bicyclic) bond motifs is 1. The minimum atomic E-state index is 0.450. The zero-order chi connectivity index (χ0) is 15.0. The Labute approximate surface area is 141 Å². The molecule has 0 fully saturated rings. The molecule has 3 rings (SSSR count). The highest BCUT2D eigenvalue weighted by Crippen LogP contribution is 2.32. The maximum atomic E-state index is 6.32. The minimum Gasteiger partial charge on any atom is -0.295 e. The van der Waals surface area contributed by atoms with Gasteiger partial charge >= 0.3 is 0 Å². The topological polar surface area (TPSA) is 30.2 Å². The molecule has 0 atom stereocenters. The highest BCUT2D eigenvalue weighted by Gasteiger charge is 2.17. The lowest BCUT2D eigenvalue weighted by Crippen LogP contribution is -1.95. The summed E-state index contributed by atoms with van der Waals surface area (Å²) in [6.07, 6.45) is 4.39. The zero-order valence-electron chi connectivity index (χ0n) is 11.3. The van der Waals surface area contributed by atoms with Gasteiger partial charge < -0.3 is 0 Å². The fourth-order valence-electron chi connectivity index (χ4n) is 2.48. The van der Waals surface area contributed by atoms with E-state index < -0.39 is 0 Å². The minimum absolute atomic E-state index is 0.450. The van der Waals surface area contributed by atoms with E-state index in [4.69, 9.17) is 28.2 Å². The third-order valence-electron chi connectivity index (χ3n) is 3.42. The van der Waals surface area contributed by atoms with Crippen LogP contribution in [-0.4, -0.2) is 14.4 Å². The van der Waals surface area contributed by atoms with Gasteiger partial charge in [-0.1, -0.05) is 58.2 Å². The number of aromatic nitrogens is 3. The molecule has 2 aromatic heterocycles.